The van der Waals surface area contributed by atoms with Gasteiger partial charge in [0.05, 0.1) is 13.2 Å². The standard InChI is InChI=1S/C22H27NO4/c1-13(2)16-11-17(14(3)10-20(16)25-5)15(4)23-22(24)21-12-26-18-8-6-7-9-19(18)27-21/h6-11,13,15,21H,12H2,1-5H3,(H,23,24)/t15-,21-/m0/s1. The molecule has 2 aromatic carbocycles. The topological polar surface area (TPSA) is 56.8 Å². The lowest BCUT2D eigenvalue weighted by Crippen LogP contribution is -2.44. The number of benzene rings is 2. The van der Waals surface area contributed by atoms with Gasteiger partial charge in [-0.1, -0.05) is 26.0 Å². The second-order valence-corrected chi connectivity index (χ2v) is 7.20. The first-order valence-corrected chi connectivity index (χ1v) is 9.28. The lowest BCUT2D eigenvalue weighted by atomic mass is 9.93. The Morgan fingerprint density at radius 2 is 1.85 bits per heavy atom. The first kappa shape index (κ1) is 19.1. The molecule has 27 heavy (non-hydrogen) atoms. The van der Waals surface area contributed by atoms with Crippen molar-refractivity contribution in [2.45, 2.75) is 45.8 Å². The van der Waals surface area contributed by atoms with Crippen LogP contribution in [-0.2, 0) is 4.79 Å². The lowest BCUT2D eigenvalue weighted by molar-refractivity contribution is -0.131. The smallest absolute Gasteiger partial charge is 0.265 e. The summed E-state index contributed by atoms with van der Waals surface area (Å²) in [5, 5.41) is 3.06. The number of fused-ring (bicyclic) bond motifs is 1. The Labute approximate surface area is 160 Å². The molecule has 0 fully saturated rings. The van der Waals surface area contributed by atoms with Crippen molar-refractivity contribution in [3.63, 3.8) is 0 Å². The van der Waals surface area contributed by atoms with Gasteiger partial charge in [0.1, 0.15) is 12.4 Å². The van der Waals surface area contributed by atoms with Crippen LogP contribution >= 0.6 is 0 Å². The van der Waals surface area contributed by atoms with E-state index in [9.17, 15) is 4.79 Å². The summed E-state index contributed by atoms with van der Waals surface area (Å²) in [7, 11) is 1.68. The molecule has 0 radical (unpaired) electrons. The molecular formula is C22H27NO4. The summed E-state index contributed by atoms with van der Waals surface area (Å²) >= 11 is 0. The van der Waals surface area contributed by atoms with Crippen molar-refractivity contribution in [2.24, 2.45) is 0 Å². The summed E-state index contributed by atoms with van der Waals surface area (Å²) in [6.45, 7) is 8.47. The second kappa shape index (κ2) is 7.91. The molecule has 2 atom stereocenters. The number of carbonyl (C=O) groups excluding carboxylic acids is 1. The summed E-state index contributed by atoms with van der Waals surface area (Å²) in [6.07, 6.45) is -0.662. The molecular weight excluding hydrogens is 342 g/mol. The molecule has 0 aliphatic carbocycles. The van der Waals surface area contributed by atoms with Crippen LogP contribution in [0, 0.1) is 6.92 Å². The van der Waals surface area contributed by atoms with Crippen LogP contribution in [-0.4, -0.2) is 25.7 Å². The van der Waals surface area contributed by atoms with Crippen molar-refractivity contribution in [3.8, 4) is 17.2 Å². The summed E-state index contributed by atoms with van der Waals surface area (Å²) in [6, 6.07) is 11.4. The lowest BCUT2D eigenvalue weighted by Gasteiger charge is -2.27. The number of rotatable bonds is 5. The average Bonchev–Trinajstić information content (AvgIpc) is 2.66. The van der Waals surface area contributed by atoms with Gasteiger partial charge in [0.15, 0.2) is 11.5 Å². The Hall–Kier alpha value is -2.69. The molecule has 1 N–H and O–H groups in total. The molecule has 0 saturated heterocycles. The van der Waals surface area contributed by atoms with E-state index in [1.165, 1.54) is 0 Å². The summed E-state index contributed by atoms with van der Waals surface area (Å²) in [5.41, 5.74) is 3.28. The number of para-hydroxylation sites is 2. The molecule has 0 aromatic heterocycles. The van der Waals surface area contributed by atoms with Crippen LogP contribution in [0.1, 0.15) is 49.4 Å². The summed E-state index contributed by atoms with van der Waals surface area (Å²) in [5.74, 6) is 2.29. The Bertz CT molecular complexity index is 831. The van der Waals surface area contributed by atoms with Gasteiger partial charge in [-0.3, -0.25) is 4.79 Å². The third kappa shape index (κ3) is 4.02. The van der Waals surface area contributed by atoms with Gasteiger partial charge < -0.3 is 19.5 Å². The maximum atomic E-state index is 12.7. The van der Waals surface area contributed by atoms with Crippen molar-refractivity contribution in [1.82, 2.24) is 5.32 Å². The number of nitrogens with one attached hydrogen (secondary N) is 1. The maximum absolute atomic E-state index is 12.7. The number of ether oxygens (including phenoxy) is 3. The number of hydrogen-bond acceptors (Lipinski definition) is 4. The molecule has 144 valence electrons. The zero-order chi connectivity index (χ0) is 19.6. The highest BCUT2D eigenvalue weighted by molar-refractivity contribution is 5.82. The third-order valence-electron chi connectivity index (χ3n) is 4.87. The SMILES string of the molecule is COc1cc(C)c([C@H](C)NC(=O)[C@@H]2COc3ccccc3O2)cc1C(C)C. The van der Waals surface area contributed by atoms with Gasteiger partial charge in [-0.15, -0.1) is 0 Å². The summed E-state index contributed by atoms with van der Waals surface area (Å²) in [4.78, 5) is 12.7. The van der Waals surface area contributed by atoms with Crippen molar-refractivity contribution in [1.29, 1.82) is 0 Å². The van der Waals surface area contributed by atoms with E-state index in [0.717, 1.165) is 22.4 Å². The molecule has 1 amide bonds. The van der Waals surface area contributed by atoms with Crippen molar-refractivity contribution in [3.05, 3.63) is 53.1 Å². The number of aryl methyl sites for hydroxylation is 1. The number of hydrogen-bond donors (Lipinski definition) is 1. The zero-order valence-electron chi connectivity index (χ0n) is 16.5. The highest BCUT2D eigenvalue weighted by Gasteiger charge is 2.28. The largest absolute Gasteiger partial charge is 0.496 e. The van der Waals surface area contributed by atoms with Crippen molar-refractivity contribution < 1.29 is 19.0 Å². The van der Waals surface area contributed by atoms with Crippen LogP contribution in [0.5, 0.6) is 17.2 Å². The van der Waals surface area contributed by atoms with Gasteiger partial charge in [0.2, 0.25) is 6.10 Å². The molecule has 0 spiro atoms. The van der Waals surface area contributed by atoms with Crippen LogP contribution in [0.2, 0.25) is 0 Å². The predicted octanol–water partition coefficient (Wildman–Crippen LogP) is 4.14. The highest BCUT2D eigenvalue weighted by atomic mass is 16.6. The van der Waals surface area contributed by atoms with E-state index >= 15 is 0 Å². The Morgan fingerprint density at radius 3 is 2.52 bits per heavy atom. The normalized spacial score (nSPS) is 16.7. The first-order chi connectivity index (χ1) is 12.9. The van der Waals surface area contributed by atoms with E-state index in [2.05, 4.69) is 25.2 Å². The third-order valence-corrected chi connectivity index (χ3v) is 4.87. The Morgan fingerprint density at radius 1 is 1.15 bits per heavy atom. The second-order valence-electron chi connectivity index (χ2n) is 7.20. The maximum Gasteiger partial charge on any atom is 0.265 e. The monoisotopic (exact) mass is 369 g/mol. The van der Waals surface area contributed by atoms with Crippen LogP contribution in [0.25, 0.3) is 0 Å². The zero-order valence-corrected chi connectivity index (χ0v) is 16.5. The minimum atomic E-state index is -0.662. The van der Waals surface area contributed by atoms with Gasteiger partial charge >= 0.3 is 0 Å². The summed E-state index contributed by atoms with van der Waals surface area (Å²) < 4.78 is 17.0. The van der Waals surface area contributed by atoms with Crippen LogP contribution < -0.4 is 19.5 Å². The van der Waals surface area contributed by atoms with E-state index in [4.69, 9.17) is 14.2 Å². The van der Waals surface area contributed by atoms with Crippen molar-refractivity contribution in [2.75, 3.05) is 13.7 Å². The molecule has 1 aliphatic rings. The number of amides is 1. The molecule has 5 nitrogen and oxygen atoms in total. The fourth-order valence-corrected chi connectivity index (χ4v) is 3.34. The van der Waals surface area contributed by atoms with E-state index in [-0.39, 0.29) is 18.6 Å². The predicted molar refractivity (Wildman–Crippen MR) is 105 cm³/mol. The van der Waals surface area contributed by atoms with E-state index in [1.807, 2.05) is 38.1 Å². The van der Waals surface area contributed by atoms with Gasteiger partial charge in [-0.05, 0) is 60.7 Å². The van der Waals surface area contributed by atoms with Crippen molar-refractivity contribution >= 4 is 5.91 Å². The average molecular weight is 369 g/mol. The highest BCUT2D eigenvalue weighted by Crippen LogP contribution is 2.33. The quantitative estimate of drug-likeness (QED) is 0.860. The van der Waals surface area contributed by atoms with Gasteiger partial charge in [0, 0.05) is 0 Å². The van der Waals surface area contributed by atoms with Gasteiger partial charge in [-0.2, -0.15) is 0 Å². The van der Waals surface area contributed by atoms with E-state index < -0.39 is 6.10 Å². The first-order valence-electron chi connectivity index (χ1n) is 9.28. The van der Waals surface area contributed by atoms with Crippen LogP contribution in [0.4, 0.5) is 0 Å². The minimum Gasteiger partial charge on any atom is -0.496 e. The Balaban J connectivity index is 1.75. The molecule has 0 saturated carbocycles. The number of methoxy groups -OCH3 is 1. The van der Waals surface area contributed by atoms with Crippen LogP contribution in [0.15, 0.2) is 36.4 Å². The molecule has 5 heteroatoms. The van der Waals surface area contributed by atoms with Crippen LogP contribution in [0.3, 0.4) is 0 Å². The molecule has 0 unspecified atom stereocenters. The fraction of sp³-hybridized carbons (Fsp3) is 0.409. The molecule has 0 bridgehead atoms. The van der Waals surface area contributed by atoms with Gasteiger partial charge in [0.25, 0.3) is 5.91 Å². The van der Waals surface area contributed by atoms with E-state index in [0.29, 0.717) is 17.4 Å². The Kier molecular flexibility index (Phi) is 5.59. The fourth-order valence-electron chi connectivity index (χ4n) is 3.34. The molecule has 1 aliphatic heterocycles. The molecule has 2 aromatic rings. The molecule has 1 heterocycles. The number of carbonyl (C=O) groups is 1. The van der Waals surface area contributed by atoms with Gasteiger partial charge in [-0.25, -0.2) is 0 Å². The molecule has 3 rings (SSSR count). The van der Waals surface area contributed by atoms with E-state index in [1.54, 1.807) is 13.2 Å². The minimum absolute atomic E-state index is 0.151.